The Hall–Kier alpha value is -3.03. The van der Waals surface area contributed by atoms with Crippen LogP contribution < -0.4 is 0 Å². The molecule has 28 heavy (non-hydrogen) atoms. The van der Waals surface area contributed by atoms with Gasteiger partial charge >= 0.3 is 5.97 Å². The maximum Gasteiger partial charge on any atom is 0.331 e. The first-order valence-corrected chi connectivity index (χ1v) is 9.08. The number of likely N-dealkylation sites (tertiary alicyclic amines) is 1. The van der Waals surface area contributed by atoms with E-state index in [1.54, 1.807) is 18.2 Å². The topological polar surface area (TPSA) is 75.4 Å². The molecule has 0 bridgehead atoms. The van der Waals surface area contributed by atoms with Crippen molar-refractivity contribution in [2.45, 2.75) is 31.2 Å². The number of alkyl halides is 2. The Morgan fingerprint density at radius 2 is 2.00 bits per heavy atom. The van der Waals surface area contributed by atoms with Gasteiger partial charge < -0.3 is 14.6 Å². The second-order valence-electron chi connectivity index (χ2n) is 7.16. The maximum atomic E-state index is 13.3. The van der Waals surface area contributed by atoms with Crippen LogP contribution in [0.5, 0.6) is 0 Å². The Kier molecular flexibility index (Phi) is 4.49. The number of carboxylic acids is 1. The van der Waals surface area contributed by atoms with Gasteiger partial charge in [-0.1, -0.05) is 18.2 Å². The highest BCUT2D eigenvalue weighted by atomic mass is 19.3. The van der Waals surface area contributed by atoms with Gasteiger partial charge in [0.25, 0.3) is 11.8 Å². The number of carbonyl (C=O) groups is 2. The number of hydrogen-bond donors (Lipinski definition) is 1. The quantitative estimate of drug-likeness (QED) is 0.876. The summed E-state index contributed by atoms with van der Waals surface area (Å²) in [5, 5.41) is 9.95. The molecule has 2 aromatic rings. The fourth-order valence-electron chi connectivity index (χ4n) is 3.66. The largest absolute Gasteiger partial charge is 0.478 e. The van der Waals surface area contributed by atoms with Crippen molar-refractivity contribution in [3.8, 4) is 0 Å². The van der Waals surface area contributed by atoms with Crippen LogP contribution >= 0.6 is 0 Å². The summed E-state index contributed by atoms with van der Waals surface area (Å²) in [4.78, 5) is 29.7. The summed E-state index contributed by atoms with van der Waals surface area (Å²) in [7, 11) is 0. The average Bonchev–Trinajstić information content (AvgIpc) is 3.11. The smallest absolute Gasteiger partial charge is 0.331 e. The standard InChI is InChI=1S/C20H19F2N3O3/c21-20(22)5-8-24(9-6-20)18(26)15-10-13-4-7-25(17(13)23-12-15)16-3-1-2-14(11-16)19(27)28/h1-4,7,10,12,16H,5-6,8-9,11H2,(H,27,28). The van der Waals surface area contributed by atoms with Gasteiger partial charge in [0.15, 0.2) is 0 Å². The molecule has 6 nitrogen and oxygen atoms in total. The highest BCUT2D eigenvalue weighted by Gasteiger charge is 2.35. The van der Waals surface area contributed by atoms with Crippen molar-refractivity contribution in [3.63, 3.8) is 0 Å². The number of pyridine rings is 1. The molecule has 1 aliphatic heterocycles. The number of amides is 1. The lowest BCUT2D eigenvalue weighted by Crippen LogP contribution is -2.42. The van der Waals surface area contributed by atoms with Gasteiger partial charge in [0.1, 0.15) is 5.65 Å². The summed E-state index contributed by atoms with van der Waals surface area (Å²) < 4.78 is 28.5. The Bertz CT molecular complexity index is 999. The number of carboxylic acid groups (broad SMARTS) is 1. The van der Waals surface area contributed by atoms with Crippen LogP contribution in [0.3, 0.4) is 0 Å². The molecule has 8 heteroatoms. The van der Waals surface area contributed by atoms with Crippen LogP contribution in [-0.4, -0.2) is 50.4 Å². The number of piperidine rings is 1. The summed E-state index contributed by atoms with van der Waals surface area (Å²) in [6.45, 7) is 0.0596. The Labute approximate surface area is 159 Å². The van der Waals surface area contributed by atoms with E-state index in [2.05, 4.69) is 4.98 Å². The van der Waals surface area contributed by atoms with Gasteiger partial charge in [0.05, 0.1) is 11.6 Å². The molecule has 0 radical (unpaired) electrons. The normalized spacial score (nSPS) is 21.6. The van der Waals surface area contributed by atoms with Gasteiger partial charge in [-0.2, -0.15) is 0 Å². The van der Waals surface area contributed by atoms with Crippen LogP contribution in [0, 0.1) is 0 Å². The molecule has 0 aromatic carbocycles. The van der Waals surface area contributed by atoms with E-state index >= 15 is 0 Å². The Morgan fingerprint density at radius 3 is 2.71 bits per heavy atom. The lowest BCUT2D eigenvalue weighted by molar-refractivity contribution is -0.132. The van der Waals surface area contributed by atoms with Crippen molar-refractivity contribution in [2.24, 2.45) is 0 Å². The van der Waals surface area contributed by atoms with E-state index in [0.717, 1.165) is 5.39 Å². The third-order valence-corrected chi connectivity index (χ3v) is 5.28. The van der Waals surface area contributed by atoms with Gasteiger partial charge in [0.2, 0.25) is 0 Å². The van der Waals surface area contributed by atoms with Gasteiger partial charge in [0, 0.05) is 55.7 Å². The fraction of sp³-hybridized carbons (Fsp3) is 0.350. The van der Waals surface area contributed by atoms with Crippen molar-refractivity contribution >= 4 is 22.9 Å². The van der Waals surface area contributed by atoms with Crippen LogP contribution in [0.2, 0.25) is 0 Å². The molecule has 1 atom stereocenters. The van der Waals surface area contributed by atoms with Crippen LogP contribution in [-0.2, 0) is 4.79 Å². The van der Waals surface area contributed by atoms with Crippen LogP contribution in [0.1, 0.15) is 35.7 Å². The van der Waals surface area contributed by atoms with Gasteiger partial charge in [-0.05, 0) is 12.1 Å². The predicted octanol–water partition coefficient (Wildman–Crippen LogP) is 3.42. The van der Waals surface area contributed by atoms with Crippen molar-refractivity contribution in [1.82, 2.24) is 14.5 Å². The SMILES string of the molecule is O=C(O)C1=CC=CC(n2ccc3cc(C(=O)N4CCC(F)(F)CC4)cnc32)C1. The Morgan fingerprint density at radius 1 is 1.25 bits per heavy atom. The molecule has 1 N–H and O–H groups in total. The number of carbonyl (C=O) groups excluding carboxylic acids is 1. The second-order valence-corrected chi connectivity index (χ2v) is 7.16. The van der Waals surface area contributed by atoms with E-state index < -0.39 is 11.9 Å². The number of aromatic nitrogens is 2. The average molecular weight is 387 g/mol. The molecule has 0 spiro atoms. The highest BCUT2D eigenvalue weighted by molar-refractivity contribution is 5.97. The number of aliphatic carboxylic acids is 1. The van der Waals surface area contributed by atoms with Crippen molar-refractivity contribution in [3.05, 3.63) is 53.9 Å². The summed E-state index contributed by atoms with van der Waals surface area (Å²) in [5.74, 6) is -3.95. The zero-order valence-corrected chi connectivity index (χ0v) is 15.0. The lowest BCUT2D eigenvalue weighted by Gasteiger charge is -2.31. The molecule has 1 fully saturated rings. The van der Waals surface area contributed by atoms with Crippen LogP contribution in [0.15, 0.2) is 48.3 Å². The van der Waals surface area contributed by atoms with Gasteiger partial charge in [-0.25, -0.2) is 18.6 Å². The second kappa shape index (κ2) is 6.85. The van der Waals surface area contributed by atoms with E-state index in [1.807, 2.05) is 22.9 Å². The minimum atomic E-state index is -2.70. The fourth-order valence-corrected chi connectivity index (χ4v) is 3.66. The molecule has 0 saturated carbocycles. The molecular weight excluding hydrogens is 368 g/mol. The zero-order valence-electron chi connectivity index (χ0n) is 15.0. The first-order valence-electron chi connectivity index (χ1n) is 9.08. The van der Waals surface area contributed by atoms with E-state index in [9.17, 15) is 23.5 Å². The third-order valence-electron chi connectivity index (χ3n) is 5.28. The minimum Gasteiger partial charge on any atom is -0.478 e. The van der Waals surface area contributed by atoms with E-state index in [0.29, 0.717) is 23.2 Å². The van der Waals surface area contributed by atoms with Gasteiger partial charge in [-0.3, -0.25) is 4.79 Å². The molecule has 1 aliphatic carbocycles. The van der Waals surface area contributed by atoms with Crippen molar-refractivity contribution < 1.29 is 23.5 Å². The zero-order chi connectivity index (χ0) is 19.9. The molecule has 1 amide bonds. The summed E-state index contributed by atoms with van der Waals surface area (Å²) in [6.07, 6.45) is 8.17. The first-order chi connectivity index (χ1) is 13.3. The summed E-state index contributed by atoms with van der Waals surface area (Å²) in [5.41, 5.74) is 1.33. The van der Waals surface area contributed by atoms with Gasteiger partial charge in [-0.15, -0.1) is 0 Å². The molecule has 146 valence electrons. The summed E-state index contributed by atoms with van der Waals surface area (Å²) >= 11 is 0. The van der Waals surface area contributed by atoms with Crippen molar-refractivity contribution in [1.29, 1.82) is 0 Å². The molecule has 2 aromatic heterocycles. The molecule has 1 saturated heterocycles. The van der Waals surface area contributed by atoms with E-state index in [-0.39, 0.29) is 37.9 Å². The third kappa shape index (κ3) is 3.42. The molecular formula is C20H19F2N3O3. The number of nitrogens with zero attached hydrogens (tertiary/aromatic N) is 3. The lowest BCUT2D eigenvalue weighted by atomic mass is 10.0. The molecule has 1 unspecified atom stereocenters. The summed E-state index contributed by atoms with van der Waals surface area (Å²) in [6, 6.07) is 3.34. The van der Waals surface area contributed by atoms with Crippen LogP contribution in [0.25, 0.3) is 11.0 Å². The van der Waals surface area contributed by atoms with Crippen molar-refractivity contribution in [2.75, 3.05) is 13.1 Å². The van der Waals surface area contributed by atoms with Crippen LogP contribution in [0.4, 0.5) is 8.78 Å². The highest BCUT2D eigenvalue weighted by Crippen LogP contribution is 2.30. The number of allylic oxidation sites excluding steroid dienone is 3. The minimum absolute atomic E-state index is 0.0298. The molecule has 3 heterocycles. The molecule has 4 rings (SSSR count). The monoisotopic (exact) mass is 387 g/mol. The number of fused-ring (bicyclic) bond motifs is 1. The Balaban J connectivity index is 1.55. The van der Waals surface area contributed by atoms with E-state index in [4.69, 9.17) is 0 Å². The first kappa shape index (κ1) is 18.3. The van der Waals surface area contributed by atoms with E-state index in [1.165, 1.54) is 11.1 Å². The predicted molar refractivity (Wildman–Crippen MR) is 98.3 cm³/mol. The maximum absolute atomic E-state index is 13.3. The number of hydrogen-bond acceptors (Lipinski definition) is 3. The molecule has 2 aliphatic rings. The number of halogens is 2. The number of rotatable bonds is 3.